The molecule has 0 radical (unpaired) electrons. The second-order valence-corrected chi connectivity index (χ2v) is 2.95. The molecule has 7 heteroatoms. The Morgan fingerprint density at radius 1 is 1.45 bits per heavy atom. The molecule has 0 unspecified atom stereocenters. The summed E-state index contributed by atoms with van der Waals surface area (Å²) in [6.07, 6.45) is 0. The van der Waals surface area contributed by atoms with E-state index in [0.29, 0.717) is 0 Å². The van der Waals surface area contributed by atoms with E-state index in [4.69, 9.17) is 28.7 Å². The maximum atomic E-state index is 8.74. The van der Waals surface area contributed by atoms with Gasteiger partial charge >= 0.3 is 10.4 Å². The number of nitrogens with one attached hydrogen (secondary N) is 1. The van der Waals surface area contributed by atoms with E-state index in [-0.39, 0.29) is 11.8 Å². The molecule has 0 aromatic carbocycles. The molecular formula is C4H12N2O4S. The van der Waals surface area contributed by atoms with Crippen molar-refractivity contribution in [2.24, 2.45) is 11.7 Å². The molecule has 0 aliphatic rings. The van der Waals surface area contributed by atoms with E-state index in [1.807, 2.05) is 13.8 Å². The van der Waals surface area contributed by atoms with Gasteiger partial charge in [-0.25, -0.2) is 0 Å². The van der Waals surface area contributed by atoms with Crippen molar-refractivity contribution in [2.75, 3.05) is 0 Å². The largest absolute Gasteiger partial charge is 0.394 e. The smallest absolute Gasteiger partial charge is 0.387 e. The number of hydrogen-bond donors (Lipinski definition) is 4. The van der Waals surface area contributed by atoms with E-state index in [1.165, 1.54) is 0 Å². The van der Waals surface area contributed by atoms with Gasteiger partial charge in [0.1, 0.15) is 0 Å². The molecule has 5 N–H and O–H groups in total. The fourth-order valence-corrected chi connectivity index (χ4v) is 0. The van der Waals surface area contributed by atoms with Crippen molar-refractivity contribution in [1.29, 1.82) is 5.41 Å². The van der Waals surface area contributed by atoms with Crippen LogP contribution in [0.2, 0.25) is 0 Å². The zero-order valence-corrected chi connectivity index (χ0v) is 7.09. The predicted octanol–water partition coefficient (Wildman–Crippen LogP) is -0.0744. The first-order valence-electron chi connectivity index (χ1n) is 2.68. The van der Waals surface area contributed by atoms with Crippen molar-refractivity contribution in [3.63, 3.8) is 0 Å². The Kier molecular flexibility index (Phi) is 5.96. The van der Waals surface area contributed by atoms with E-state index < -0.39 is 10.4 Å². The summed E-state index contributed by atoms with van der Waals surface area (Å²) in [5.41, 5.74) is 5.02. The molecule has 6 nitrogen and oxygen atoms in total. The monoisotopic (exact) mass is 184 g/mol. The molecule has 0 bridgehead atoms. The Morgan fingerprint density at radius 2 is 1.55 bits per heavy atom. The first-order valence-corrected chi connectivity index (χ1v) is 4.08. The van der Waals surface area contributed by atoms with Crippen molar-refractivity contribution in [2.45, 2.75) is 13.8 Å². The molecule has 0 spiro atoms. The lowest BCUT2D eigenvalue weighted by atomic mass is 10.2. The minimum atomic E-state index is -4.67. The lowest BCUT2D eigenvalue weighted by Crippen LogP contribution is -2.16. The van der Waals surface area contributed by atoms with Crippen LogP contribution in [0.5, 0.6) is 0 Å². The molecule has 0 atom stereocenters. The Bertz CT molecular complexity index is 200. The van der Waals surface area contributed by atoms with Crippen LogP contribution >= 0.6 is 0 Å². The minimum absolute atomic E-state index is 0.213. The highest BCUT2D eigenvalue weighted by atomic mass is 32.3. The van der Waals surface area contributed by atoms with Gasteiger partial charge < -0.3 is 5.73 Å². The third-order valence-corrected chi connectivity index (χ3v) is 0.622. The maximum Gasteiger partial charge on any atom is 0.394 e. The number of hydrogen-bond acceptors (Lipinski definition) is 3. The van der Waals surface area contributed by atoms with Gasteiger partial charge in [-0.1, -0.05) is 13.8 Å². The van der Waals surface area contributed by atoms with E-state index in [2.05, 4.69) is 0 Å². The summed E-state index contributed by atoms with van der Waals surface area (Å²) in [7, 11) is -4.67. The highest BCUT2D eigenvalue weighted by Crippen LogP contribution is 1.85. The van der Waals surface area contributed by atoms with Gasteiger partial charge in [0.25, 0.3) is 0 Å². The van der Waals surface area contributed by atoms with Crippen LogP contribution in [0.4, 0.5) is 0 Å². The lowest BCUT2D eigenvalue weighted by Gasteiger charge is -1.95. The summed E-state index contributed by atoms with van der Waals surface area (Å²) in [5, 5.41) is 6.73. The molecule has 0 saturated heterocycles. The zero-order valence-electron chi connectivity index (χ0n) is 6.27. The molecule has 68 valence electrons. The van der Waals surface area contributed by atoms with Crippen LogP contribution in [0.3, 0.4) is 0 Å². The molecule has 0 amide bonds. The Balaban J connectivity index is 0. The van der Waals surface area contributed by atoms with Gasteiger partial charge in [0.15, 0.2) is 0 Å². The summed E-state index contributed by atoms with van der Waals surface area (Å²) in [6, 6.07) is 0. The standard InChI is InChI=1S/C4H10N2.H2O4S/c1-3(2)4(5)6;1-5(2,3)4/h3H,1-2H3,(H3,5,6);(H2,1,2,3,4). The second kappa shape index (κ2) is 5.05. The zero-order chi connectivity index (χ0) is 9.65. The fraction of sp³-hybridized carbons (Fsp3) is 0.750. The van der Waals surface area contributed by atoms with Gasteiger partial charge in [0.2, 0.25) is 0 Å². The van der Waals surface area contributed by atoms with E-state index >= 15 is 0 Å². The second-order valence-electron chi connectivity index (χ2n) is 2.06. The van der Waals surface area contributed by atoms with Crippen LogP contribution in [-0.2, 0) is 10.4 Å². The maximum absolute atomic E-state index is 8.74. The first kappa shape index (κ1) is 13.0. The molecule has 0 aromatic heterocycles. The molecule has 0 aliphatic heterocycles. The van der Waals surface area contributed by atoms with E-state index in [9.17, 15) is 0 Å². The van der Waals surface area contributed by atoms with Crippen LogP contribution in [0.15, 0.2) is 0 Å². The van der Waals surface area contributed by atoms with Gasteiger partial charge in [0, 0.05) is 5.92 Å². The molecule has 0 saturated carbocycles. The van der Waals surface area contributed by atoms with E-state index in [0.717, 1.165) is 0 Å². The Hall–Kier alpha value is -0.660. The van der Waals surface area contributed by atoms with Crippen molar-refractivity contribution in [1.82, 2.24) is 0 Å². The van der Waals surface area contributed by atoms with Gasteiger partial charge in [-0.3, -0.25) is 14.5 Å². The van der Waals surface area contributed by atoms with Crippen molar-refractivity contribution in [3.05, 3.63) is 0 Å². The van der Waals surface area contributed by atoms with Gasteiger partial charge in [-0.05, 0) is 0 Å². The molecular weight excluding hydrogens is 172 g/mol. The SMILES string of the molecule is CC(C)C(=N)N.O=S(=O)(O)O. The van der Waals surface area contributed by atoms with Crippen molar-refractivity contribution in [3.8, 4) is 0 Å². The predicted molar refractivity (Wildman–Crippen MR) is 40.9 cm³/mol. The summed E-state index contributed by atoms with van der Waals surface area (Å²) in [4.78, 5) is 0. The number of nitrogens with two attached hydrogens (primary N) is 1. The quantitative estimate of drug-likeness (QED) is 0.258. The molecule has 0 fully saturated rings. The fourth-order valence-electron chi connectivity index (χ4n) is 0. The highest BCUT2D eigenvalue weighted by Gasteiger charge is 1.91. The van der Waals surface area contributed by atoms with Crippen LogP contribution in [-0.4, -0.2) is 23.4 Å². The average molecular weight is 184 g/mol. The minimum Gasteiger partial charge on any atom is -0.387 e. The normalized spacial score (nSPS) is 10.3. The van der Waals surface area contributed by atoms with Crippen molar-refractivity contribution < 1.29 is 17.5 Å². The summed E-state index contributed by atoms with van der Waals surface area (Å²) in [5.74, 6) is 0.472. The molecule has 11 heavy (non-hydrogen) atoms. The molecule has 0 rings (SSSR count). The number of amidine groups is 1. The first-order chi connectivity index (χ1) is 4.64. The van der Waals surface area contributed by atoms with E-state index in [1.54, 1.807) is 0 Å². The third kappa shape index (κ3) is 45.1. The van der Waals surface area contributed by atoms with Gasteiger partial charge in [-0.2, -0.15) is 8.42 Å². The van der Waals surface area contributed by atoms with Crippen LogP contribution < -0.4 is 5.73 Å². The van der Waals surface area contributed by atoms with Crippen molar-refractivity contribution >= 4 is 16.2 Å². The van der Waals surface area contributed by atoms with Gasteiger partial charge in [0.05, 0.1) is 5.84 Å². The molecule has 0 aromatic rings. The summed E-state index contributed by atoms with van der Waals surface area (Å²) < 4.78 is 31.6. The van der Waals surface area contributed by atoms with Crippen LogP contribution in [0, 0.1) is 11.3 Å². The third-order valence-electron chi connectivity index (χ3n) is 0.622. The summed E-state index contributed by atoms with van der Waals surface area (Å²) in [6.45, 7) is 3.78. The van der Waals surface area contributed by atoms with Crippen LogP contribution in [0.25, 0.3) is 0 Å². The number of rotatable bonds is 1. The Morgan fingerprint density at radius 3 is 1.55 bits per heavy atom. The lowest BCUT2D eigenvalue weighted by molar-refractivity contribution is 0.381. The Labute approximate surface area is 65.5 Å². The highest BCUT2D eigenvalue weighted by molar-refractivity contribution is 7.79. The molecule has 0 aliphatic carbocycles. The average Bonchev–Trinajstić information content (AvgIpc) is 1.59. The topological polar surface area (TPSA) is 124 Å². The van der Waals surface area contributed by atoms with Crippen LogP contribution in [0.1, 0.15) is 13.8 Å². The molecule has 0 heterocycles. The summed E-state index contributed by atoms with van der Waals surface area (Å²) >= 11 is 0. The van der Waals surface area contributed by atoms with Gasteiger partial charge in [-0.15, -0.1) is 0 Å².